The monoisotopic (exact) mass is 336 g/mol. The summed E-state index contributed by atoms with van der Waals surface area (Å²) in [6, 6.07) is 3.05. The Morgan fingerprint density at radius 1 is 1.25 bits per heavy atom. The average Bonchev–Trinajstić information content (AvgIpc) is 3.12. The van der Waals surface area contributed by atoms with Gasteiger partial charge in [-0.3, -0.25) is 4.79 Å². The van der Waals surface area contributed by atoms with Gasteiger partial charge in [0.15, 0.2) is 11.5 Å². The van der Waals surface area contributed by atoms with Crippen molar-refractivity contribution in [2.24, 2.45) is 5.92 Å². The fourth-order valence-corrected chi connectivity index (χ4v) is 2.80. The largest absolute Gasteiger partial charge is 0.493 e. The molecule has 1 unspecified atom stereocenters. The maximum absolute atomic E-state index is 12.2. The van der Waals surface area contributed by atoms with Crippen LogP contribution in [0.2, 0.25) is 0 Å². The van der Waals surface area contributed by atoms with Crippen LogP contribution in [0.3, 0.4) is 0 Å². The molecule has 1 heterocycles. The number of carbonyl (C=O) groups excluding carboxylic acids is 2. The van der Waals surface area contributed by atoms with Gasteiger partial charge >= 0.3 is 5.97 Å². The van der Waals surface area contributed by atoms with E-state index in [0.717, 1.165) is 25.9 Å². The number of rotatable bonds is 7. The fourth-order valence-electron chi connectivity index (χ4n) is 2.80. The van der Waals surface area contributed by atoms with Crippen LogP contribution >= 0.6 is 0 Å². The highest BCUT2D eigenvalue weighted by Gasteiger charge is 2.20. The van der Waals surface area contributed by atoms with Crippen molar-refractivity contribution in [2.45, 2.75) is 19.3 Å². The summed E-state index contributed by atoms with van der Waals surface area (Å²) in [6.45, 7) is 1.97. The number of hydrogen-bond acceptors (Lipinski definition) is 6. The summed E-state index contributed by atoms with van der Waals surface area (Å²) in [4.78, 5) is 24.0. The lowest BCUT2D eigenvalue weighted by Crippen LogP contribution is -2.16. The third-order valence-corrected chi connectivity index (χ3v) is 4.12. The van der Waals surface area contributed by atoms with E-state index in [1.807, 2.05) is 0 Å². The summed E-state index contributed by atoms with van der Waals surface area (Å²) < 4.78 is 15.3. The van der Waals surface area contributed by atoms with E-state index in [9.17, 15) is 9.59 Å². The summed E-state index contributed by atoms with van der Waals surface area (Å²) >= 11 is 0. The van der Waals surface area contributed by atoms with E-state index >= 15 is 0 Å². The minimum absolute atomic E-state index is 0.121. The van der Waals surface area contributed by atoms with Crippen molar-refractivity contribution in [3.8, 4) is 11.5 Å². The molecule has 0 saturated carbocycles. The molecule has 7 heteroatoms. The highest BCUT2D eigenvalue weighted by Crippen LogP contribution is 2.37. The molecular weight excluding hydrogens is 312 g/mol. The second-order valence-electron chi connectivity index (χ2n) is 5.70. The van der Waals surface area contributed by atoms with Crippen molar-refractivity contribution in [2.75, 3.05) is 39.7 Å². The molecule has 0 radical (unpaired) electrons. The molecule has 2 N–H and O–H groups in total. The SMILES string of the molecule is COC(=O)c1cc(NC(=O)CCC2CCNC2)c(OC)c(OC)c1. The Hall–Kier alpha value is -2.28. The first-order chi connectivity index (χ1) is 11.6. The number of benzene rings is 1. The van der Waals surface area contributed by atoms with Crippen LogP contribution in [0.15, 0.2) is 12.1 Å². The number of amides is 1. The lowest BCUT2D eigenvalue weighted by molar-refractivity contribution is -0.116. The molecule has 1 amide bonds. The van der Waals surface area contributed by atoms with Crippen LogP contribution in [0.4, 0.5) is 5.69 Å². The van der Waals surface area contributed by atoms with Crippen molar-refractivity contribution in [3.63, 3.8) is 0 Å². The molecule has 7 nitrogen and oxygen atoms in total. The van der Waals surface area contributed by atoms with Crippen molar-refractivity contribution in [1.82, 2.24) is 5.32 Å². The first-order valence-electron chi connectivity index (χ1n) is 7.94. The quantitative estimate of drug-likeness (QED) is 0.739. The molecule has 0 aromatic heterocycles. The molecule has 1 aliphatic rings. The highest BCUT2D eigenvalue weighted by atomic mass is 16.5. The first-order valence-corrected chi connectivity index (χ1v) is 7.94. The van der Waals surface area contributed by atoms with E-state index in [-0.39, 0.29) is 11.5 Å². The smallest absolute Gasteiger partial charge is 0.338 e. The Bertz CT molecular complexity index is 597. The molecule has 2 rings (SSSR count). The first kappa shape index (κ1) is 18.1. The van der Waals surface area contributed by atoms with Crippen LogP contribution in [0.1, 0.15) is 29.6 Å². The Kier molecular flexibility index (Phi) is 6.43. The molecule has 0 aliphatic carbocycles. The van der Waals surface area contributed by atoms with Crippen molar-refractivity contribution < 1.29 is 23.8 Å². The second-order valence-corrected chi connectivity index (χ2v) is 5.70. The fraction of sp³-hybridized carbons (Fsp3) is 0.529. The third-order valence-electron chi connectivity index (χ3n) is 4.12. The van der Waals surface area contributed by atoms with Gasteiger partial charge in [0.05, 0.1) is 32.6 Å². The van der Waals surface area contributed by atoms with Crippen LogP contribution in [0.5, 0.6) is 11.5 Å². The summed E-state index contributed by atoms with van der Waals surface area (Å²) in [5.74, 6) is 0.637. The predicted octanol–water partition coefficient (Wildman–Crippen LogP) is 1.82. The van der Waals surface area contributed by atoms with E-state index in [1.165, 1.54) is 33.5 Å². The molecule has 132 valence electrons. The van der Waals surface area contributed by atoms with Gasteiger partial charge in [0.1, 0.15) is 0 Å². The Morgan fingerprint density at radius 3 is 2.62 bits per heavy atom. The lowest BCUT2D eigenvalue weighted by Gasteiger charge is -2.15. The van der Waals surface area contributed by atoms with Gasteiger partial charge in [-0.2, -0.15) is 0 Å². The van der Waals surface area contributed by atoms with Crippen LogP contribution in [-0.4, -0.2) is 46.3 Å². The zero-order chi connectivity index (χ0) is 17.5. The van der Waals surface area contributed by atoms with Crippen molar-refractivity contribution in [3.05, 3.63) is 17.7 Å². The second kappa shape index (κ2) is 8.54. The molecule has 24 heavy (non-hydrogen) atoms. The van der Waals surface area contributed by atoms with Gasteiger partial charge in [-0.05, 0) is 44.0 Å². The van der Waals surface area contributed by atoms with E-state index < -0.39 is 5.97 Å². The highest BCUT2D eigenvalue weighted by molar-refractivity contribution is 5.97. The molecule has 1 aromatic rings. The Labute approximate surface area is 141 Å². The summed E-state index contributed by atoms with van der Waals surface area (Å²) in [5, 5.41) is 6.09. The topological polar surface area (TPSA) is 85.9 Å². The Balaban J connectivity index is 2.13. The number of ether oxygens (including phenoxy) is 3. The number of hydrogen-bond donors (Lipinski definition) is 2. The van der Waals surface area contributed by atoms with Gasteiger partial charge in [-0.15, -0.1) is 0 Å². The van der Waals surface area contributed by atoms with Gasteiger partial charge in [0.2, 0.25) is 5.91 Å². The zero-order valence-corrected chi connectivity index (χ0v) is 14.3. The Morgan fingerprint density at radius 2 is 2.04 bits per heavy atom. The van der Waals surface area contributed by atoms with Crippen LogP contribution in [0, 0.1) is 5.92 Å². The number of anilines is 1. The van der Waals surface area contributed by atoms with Crippen LogP contribution in [0.25, 0.3) is 0 Å². The maximum atomic E-state index is 12.2. The van der Waals surface area contributed by atoms with E-state index in [4.69, 9.17) is 14.2 Å². The van der Waals surface area contributed by atoms with Crippen LogP contribution in [-0.2, 0) is 9.53 Å². The summed E-state index contributed by atoms with van der Waals surface area (Å²) in [6.07, 6.45) is 2.34. The zero-order valence-electron chi connectivity index (χ0n) is 14.3. The average molecular weight is 336 g/mol. The molecule has 1 aromatic carbocycles. The summed E-state index contributed by atoms with van der Waals surface area (Å²) in [5.41, 5.74) is 0.678. The molecular formula is C17H24N2O5. The van der Waals surface area contributed by atoms with Gasteiger partial charge in [-0.1, -0.05) is 0 Å². The minimum Gasteiger partial charge on any atom is -0.493 e. The number of carbonyl (C=O) groups is 2. The van der Waals surface area contributed by atoms with Gasteiger partial charge in [0, 0.05) is 6.42 Å². The van der Waals surface area contributed by atoms with E-state index in [2.05, 4.69) is 10.6 Å². The number of methoxy groups -OCH3 is 3. The predicted molar refractivity (Wildman–Crippen MR) is 89.7 cm³/mol. The van der Waals surface area contributed by atoms with E-state index in [1.54, 1.807) is 0 Å². The lowest BCUT2D eigenvalue weighted by atomic mass is 10.0. The van der Waals surface area contributed by atoms with Crippen molar-refractivity contribution in [1.29, 1.82) is 0 Å². The minimum atomic E-state index is -0.511. The van der Waals surface area contributed by atoms with Gasteiger partial charge in [0.25, 0.3) is 0 Å². The maximum Gasteiger partial charge on any atom is 0.338 e. The molecule has 1 saturated heterocycles. The van der Waals surface area contributed by atoms with E-state index in [0.29, 0.717) is 29.5 Å². The molecule has 1 atom stereocenters. The third kappa shape index (κ3) is 4.38. The molecule has 0 spiro atoms. The van der Waals surface area contributed by atoms with Crippen LogP contribution < -0.4 is 20.1 Å². The number of esters is 1. The standard InChI is InChI=1S/C17H24N2O5/c1-22-14-9-12(17(21)24-3)8-13(16(14)23-2)19-15(20)5-4-11-6-7-18-10-11/h8-9,11,18H,4-7,10H2,1-3H3,(H,19,20). The number of nitrogens with one attached hydrogen (secondary N) is 2. The molecule has 1 fully saturated rings. The van der Waals surface area contributed by atoms with Gasteiger partial charge in [-0.25, -0.2) is 4.79 Å². The van der Waals surface area contributed by atoms with Crippen molar-refractivity contribution >= 4 is 17.6 Å². The molecule has 1 aliphatic heterocycles. The molecule has 0 bridgehead atoms. The van der Waals surface area contributed by atoms with Gasteiger partial charge < -0.3 is 24.8 Å². The normalized spacial score (nSPS) is 16.5. The summed E-state index contributed by atoms with van der Waals surface area (Å²) in [7, 11) is 4.25.